The van der Waals surface area contributed by atoms with Gasteiger partial charge in [0, 0.05) is 26.2 Å². The van der Waals surface area contributed by atoms with Crippen molar-refractivity contribution in [2.75, 3.05) is 31.9 Å². The first-order valence-electron chi connectivity index (χ1n) is 7.61. The van der Waals surface area contributed by atoms with Crippen LogP contribution in [0.15, 0.2) is 26.9 Å². The molecule has 0 spiro atoms. The number of halogens is 3. The summed E-state index contributed by atoms with van der Waals surface area (Å²) < 4.78 is 66.9. The number of nitrogens with zero attached hydrogens (tertiary/aromatic N) is 4. The van der Waals surface area contributed by atoms with E-state index in [0.29, 0.717) is 16.5 Å². The van der Waals surface area contributed by atoms with Crippen molar-refractivity contribution in [1.82, 2.24) is 19.4 Å². The Labute approximate surface area is 161 Å². The Hall–Kier alpha value is -1.70. The van der Waals surface area contributed by atoms with Gasteiger partial charge in [-0.25, -0.2) is 21.6 Å². The third-order valence-corrected chi connectivity index (χ3v) is 7.63. The molecular weight excluding hydrogens is 425 g/mol. The zero-order valence-corrected chi connectivity index (χ0v) is 16.1. The summed E-state index contributed by atoms with van der Waals surface area (Å²) in [7, 11) is -4.34. The number of amides is 1. The Bertz CT molecular complexity index is 933. The highest BCUT2D eigenvalue weighted by Crippen LogP contribution is 2.24. The topological polar surface area (TPSA) is 83.5 Å². The van der Waals surface area contributed by atoms with Gasteiger partial charge in [-0.2, -0.15) is 4.31 Å². The van der Waals surface area contributed by atoms with Gasteiger partial charge in [0.15, 0.2) is 21.8 Å². The number of hydrogen-bond donors (Lipinski definition) is 0. The summed E-state index contributed by atoms with van der Waals surface area (Å²) in [5.41, 5.74) is 1.55. The molecule has 0 bridgehead atoms. The van der Waals surface area contributed by atoms with Gasteiger partial charge in [-0.15, -0.1) is 10.2 Å². The highest BCUT2D eigenvalue weighted by atomic mass is 32.2. The zero-order valence-electron chi connectivity index (χ0n) is 13.6. The summed E-state index contributed by atoms with van der Waals surface area (Å²) in [4.78, 5) is 12.8. The van der Waals surface area contributed by atoms with Crippen molar-refractivity contribution < 1.29 is 26.4 Å². The molecule has 0 saturated carbocycles. The minimum atomic E-state index is -4.34. The van der Waals surface area contributed by atoms with Gasteiger partial charge in [-0.3, -0.25) is 4.79 Å². The second-order valence-electron chi connectivity index (χ2n) is 5.45. The molecule has 1 aliphatic heterocycles. The predicted molar refractivity (Wildman–Crippen MR) is 92.3 cm³/mol. The van der Waals surface area contributed by atoms with Gasteiger partial charge in [0.05, 0.1) is 5.75 Å². The van der Waals surface area contributed by atoms with E-state index in [9.17, 15) is 26.4 Å². The van der Waals surface area contributed by atoms with Crippen molar-refractivity contribution in [2.24, 2.45) is 0 Å². The van der Waals surface area contributed by atoms with Gasteiger partial charge >= 0.3 is 0 Å². The molecule has 1 aliphatic rings. The summed E-state index contributed by atoms with van der Waals surface area (Å²) in [6, 6.07) is 1.26. The first-order valence-corrected chi connectivity index (χ1v) is 10.9. The van der Waals surface area contributed by atoms with Crippen LogP contribution in [0.4, 0.5) is 13.2 Å². The molecule has 3 rings (SSSR count). The van der Waals surface area contributed by atoms with Crippen LogP contribution in [0.5, 0.6) is 0 Å². The summed E-state index contributed by atoms with van der Waals surface area (Å²) >= 11 is 2.54. The molecule has 7 nitrogen and oxygen atoms in total. The number of rotatable bonds is 5. The minimum Gasteiger partial charge on any atom is -0.339 e. The second-order valence-corrected chi connectivity index (χ2v) is 9.41. The van der Waals surface area contributed by atoms with Gasteiger partial charge in [-0.05, 0) is 12.1 Å². The molecule has 2 heterocycles. The van der Waals surface area contributed by atoms with Gasteiger partial charge in [0.2, 0.25) is 15.9 Å². The van der Waals surface area contributed by atoms with Crippen LogP contribution in [0, 0.1) is 17.5 Å². The Balaban J connectivity index is 1.63. The fourth-order valence-corrected chi connectivity index (χ4v) is 5.33. The first kappa shape index (κ1) is 20.0. The lowest BCUT2D eigenvalue weighted by atomic mass is 10.3. The third kappa shape index (κ3) is 4.25. The normalized spacial score (nSPS) is 15.9. The Kier molecular flexibility index (Phi) is 6.03. The number of carbonyl (C=O) groups excluding carboxylic acids is 1. The number of thioether (sulfide) groups is 1. The van der Waals surface area contributed by atoms with Crippen LogP contribution in [-0.2, 0) is 14.8 Å². The predicted octanol–water partition coefficient (Wildman–Crippen LogP) is 1.58. The fourth-order valence-electron chi connectivity index (χ4n) is 2.46. The molecule has 27 heavy (non-hydrogen) atoms. The number of carbonyl (C=O) groups is 1. The minimum absolute atomic E-state index is 0.0734. The molecule has 1 saturated heterocycles. The summed E-state index contributed by atoms with van der Waals surface area (Å²) in [5.74, 6) is -5.10. The van der Waals surface area contributed by atoms with Crippen molar-refractivity contribution in [3.05, 3.63) is 35.1 Å². The van der Waals surface area contributed by atoms with Crippen LogP contribution in [-0.4, -0.2) is 65.7 Å². The molecule has 0 atom stereocenters. The average molecular weight is 438 g/mol. The van der Waals surface area contributed by atoms with E-state index in [1.165, 1.54) is 28.0 Å². The lowest BCUT2D eigenvalue weighted by Gasteiger charge is -2.34. The van der Waals surface area contributed by atoms with Gasteiger partial charge < -0.3 is 4.90 Å². The number of benzene rings is 1. The SMILES string of the molecule is O=C(CSc1nncs1)N1CCN(S(=O)(=O)c2ccc(F)c(F)c2F)CC1. The Morgan fingerprint density at radius 2 is 1.85 bits per heavy atom. The number of sulfonamides is 1. The monoisotopic (exact) mass is 438 g/mol. The molecule has 0 unspecified atom stereocenters. The van der Waals surface area contributed by atoms with Gasteiger partial charge in [0.25, 0.3) is 0 Å². The molecule has 2 aromatic rings. The molecule has 0 N–H and O–H groups in total. The fraction of sp³-hybridized carbons (Fsp3) is 0.357. The first-order chi connectivity index (χ1) is 12.8. The Morgan fingerprint density at radius 1 is 1.15 bits per heavy atom. The van der Waals surface area contributed by atoms with Crippen molar-refractivity contribution in [3.63, 3.8) is 0 Å². The highest BCUT2D eigenvalue weighted by Gasteiger charge is 2.33. The van der Waals surface area contributed by atoms with Crippen molar-refractivity contribution in [3.8, 4) is 0 Å². The van der Waals surface area contributed by atoms with Crippen molar-refractivity contribution in [1.29, 1.82) is 0 Å². The molecule has 1 fully saturated rings. The quantitative estimate of drug-likeness (QED) is 0.521. The van der Waals surface area contributed by atoms with Crippen LogP contribution in [0.3, 0.4) is 0 Å². The summed E-state index contributed by atoms with van der Waals surface area (Å²) in [6.45, 7) is 0.0754. The average Bonchev–Trinajstić information content (AvgIpc) is 3.17. The number of aromatic nitrogens is 2. The van der Waals surface area contributed by atoms with E-state index in [4.69, 9.17) is 0 Å². The molecule has 0 radical (unpaired) electrons. The molecule has 1 amide bonds. The van der Waals surface area contributed by atoms with Crippen LogP contribution < -0.4 is 0 Å². The summed E-state index contributed by atoms with van der Waals surface area (Å²) in [5, 5.41) is 7.48. The zero-order chi connectivity index (χ0) is 19.6. The smallest absolute Gasteiger partial charge is 0.246 e. The largest absolute Gasteiger partial charge is 0.339 e. The van der Waals surface area contributed by atoms with Crippen LogP contribution in [0.1, 0.15) is 0 Å². The lowest BCUT2D eigenvalue weighted by molar-refractivity contribution is -0.129. The van der Waals surface area contributed by atoms with Crippen molar-refractivity contribution >= 4 is 39.0 Å². The Morgan fingerprint density at radius 3 is 2.48 bits per heavy atom. The van der Waals surface area contributed by atoms with Gasteiger partial charge in [0.1, 0.15) is 10.4 Å². The van der Waals surface area contributed by atoms with E-state index in [2.05, 4.69) is 10.2 Å². The van der Waals surface area contributed by atoms with E-state index in [0.717, 1.165) is 4.31 Å². The second kappa shape index (κ2) is 8.12. The lowest BCUT2D eigenvalue weighted by Crippen LogP contribution is -2.51. The van der Waals surface area contributed by atoms with E-state index in [1.54, 1.807) is 5.51 Å². The molecule has 1 aromatic carbocycles. The molecule has 146 valence electrons. The molecule has 1 aromatic heterocycles. The number of piperazine rings is 1. The third-order valence-electron chi connectivity index (χ3n) is 3.87. The van der Waals surface area contributed by atoms with E-state index < -0.39 is 32.4 Å². The highest BCUT2D eigenvalue weighted by molar-refractivity contribution is 8.01. The molecular formula is C14H13F3N4O3S3. The standard InChI is InChI=1S/C14H13F3N4O3S3/c15-9-1-2-10(13(17)12(9)16)27(23,24)21-5-3-20(4-6-21)11(22)7-25-14-19-18-8-26-14/h1-2,8H,3-7H2. The van der Waals surface area contributed by atoms with Gasteiger partial charge in [-0.1, -0.05) is 23.1 Å². The number of hydrogen-bond acceptors (Lipinski definition) is 7. The van der Waals surface area contributed by atoms with Crippen LogP contribution in [0.25, 0.3) is 0 Å². The van der Waals surface area contributed by atoms with E-state index in [-0.39, 0.29) is 37.8 Å². The maximum atomic E-state index is 13.9. The van der Waals surface area contributed by atoms with E-state index in [1.807, 2.05) is 0 Å². The maximum absolute atomic E-state index is 13.9. The van der Waals surface area contributed by atoms with Crippen LogP contribution >= 0.6 is 23.1 Å². The van der Waals surface area contributed by atoms with Crippen molar-refractivity contribution in [2.45, 2.75) is 9.24 Å². The van der Waals surface area contributed by atoms with Crippen LogP contribution in [0.2, 0.25) is 0 Å². The molecule has 0 aliphatic carbocycles. The van der Waals surface area contributed by atoms with E-state index >= 15 is 0 Å². The summed E-state index contributed by atoms with van der Waals surface area (Å²) in [6.07, 6.45) is 0. The molecule has 13 heteroatoms. The maximum Gasteiger partial charge on any atom is 0.246 e.